The van der Waals surface area contributed by atoms with Gasteiger partial charge in [0.05, 0.1) is 12.6 Å². The predicted molar refractivity (Wildman–Crippen MR) is 78.6 cm³/mol. The van der Waals surface area contributed by atoms with Crippen LogP contribution in [0.25, 0.3) is 0 Å². The molecule has 0 bridgehead atoms. The molecule has 2 N–H and O–H groups in total. The minimum absolute atomic E-state index is 0.0233. The van der Waals surface area contributed by atoms with Crippen LogP contribution in [-0.4, -0.2) is 25.0 Å². The molecule has 1 amide bonds. The third kappa shape index (κ3) is 6.64. The van der Waals surface area contributed by atoms with Gasteiger partial charge in [0.15, 0.2) is 0 Å². The van der Waals surface area contributed by atoms with Crippen molar-refractivity contribution < 1.29 is 4.79 Å². The molecular formula is C16H22N2O. The van der Waals surface area contributed by atoms with E-state index in [1.807, 2.05) is 37.3 Å². The molecule has 0 fully saturated rings. The molecule has 0 radical (unpaired) electrons. The lowest BCUT2D eigenvalue weighted by Gasteiger charge is -2.13. The second-order valence-corrected chi connectivity index (χ2v) is 4.91. The Balaban J connectivity index is 2.29. The number of benzene rings is 1. The average Bonchev–Trinajstić information content (AvgIpc) is 2.41. The van der Waals surface area contributed by atoms with Crippen LogP contribution in [0.15, 0.2) is 30.3 Å². The van der Waals surface area contributed by atoms with Crippen molar-refractivity contribution in [1.29, 1.82) is 0 Å². The van der Waals surface area contributed by atoms with Gasteiger partial charge < -0.3 is 5.32 Å². The lowest BCUT2D eigenvalue weighted by Crippen LogP contribution is -2.43. The number of carbonyl (C=O) groups is 1. The number of carbonyl (C=O) groups excluding carboxylic acids is 1. The molecule has 19 heavy (non-hydrogen) atoms. The first-order valence-electron chi connectivity index (χ1n) is 6.64. The number of hydrogen-bond acceptors (Lipinski definition) is 2. The van der Waals surface area contributed by atoms with Crippen LogP contribution >= 0.6 is 0 Å². The van der Waals surface area contributed by atoms with E-state index in [1.165, 1.54) is 0 Å². The topological polar surface area (TPSA) is 41.1 Å². The Morgan fingerprint density at radius 1 is 1.21 bits per heavy atom. The zero-order valence-corrected chi connectivity index (χ0v) is 11.9. The van der Waals surface area contributed by atoms with Gasteiger partial charge in [-0.15, -0.1) is 0 Å². The summed E-state index contributed by atoms with van der Waals surface area (Å²) in [4.78, 5) is 11.7. The van der Waals surface area contributed by atoms with E-state index in [4.69, 9.17) is 0 Å². The molecule has 0 saturated heterocycles. The van der Waals surface area contributed by atoms with Crippen molar-refractivity contribution >= 4 is 5.91 Å². The van der Waals surface area contributed by atoms with Crippen LogP contribution in [0.3, 0.4) is 0 Å². The van der Waals surface area contributed by atoms with Crippen LogP contribution in [0.2, 0.25) is 0 Å². The zero-order valence-electron chi connectivity index (χ0n) is 11.9. The molecule has 1 aromatic carbocycles. The molecule has 0 aliphatic rings. The fourth-order valence-electron chi connectivity index (χ4n) is 1.42. The Labute approximate surface area is 115 Å². The minimum Gasteiger partial charge on any atom is -0.354 e. The van der Waals surface area contributed by atoms with E-state index in [0.717, 1.165) is 5.56 Å². The van der Waals surface area contributed by atoms with Crippen molar-refractivity contribution in [3.8, 4) is 11.8 Å². The summed E-state index contributed by atoms with van der Waals surface area (Å²) in [5, 5.41) is 5.98. The van der Waals surface area contributed by atoms with Crippen molar-refractivity contribution in [2.45, 2.75) is 26.8 Å². The first kappa shape index (κ1) is 15.3. The molecule has 0 saturated carbocycles. The summed E-state index contributed by atoms with van der Waals surface area (Å²) in [5.41, 5.74) is 0.987. The van der Waals surface area contributed by atoms with Crippen molar-refractivity contribution in [2.75, 3.05) is 13.1 Å². The molecule has 3 heteroatoms. The summed E-state index contributed by atoms with van der Waals surface area (Å²) in [6, 6.07) is 9.59. The molecule has 0 heterocycles. The molecule has 0 spiro atoms. The van der Waals surface area contributed by atoms with Crippen LogP contribution in [0.4, 0.5) is 0 Å². The highest BCUT2D eigenvalue weighted by Gasteiger charge is 2.10. The van der Waals surface area contributed by atoms with E-state index >= 15 is 0 Å². The monoisotopic (exact) mass is 258 g/mol. The normalized spacial score (nSPS) is 11.6. The van der Waals surface area contributed by atoms with Gasteiger partial charge in [0.2, 0.25) is 5.91 Å². The third-order valence-electron chi connectivity index (χ3n) is 2.58. The van der Waals surface area contributed by atoms with E-state index in [9.17, 15) is 4.79 Å². The van der Waals surface area contributed by atoms with Gasteiger partial charge >= 0.3 is 0 Å². The van der Waals surface area contributed by atoms with E-state index < -0.39 is 0 Å². The van der Waals surface area contributed by atoms with Gasteiger partial charge in [-0.05, 0) is 25.0 Å². The summed E-state index contributed by atoms with van der Waals surface area (Å²) in [6.07, 6.45) is 0. The Kier molecular flexibility index (Phi) is 6.70. The Bertz CT molecular complexity index is 443. The first-order chi connectivity index (χ1) is 9.09. The fraction of sp³-hybridized carbons (Fsp3) is 0.438. The highest BCUT2D eigenvalue weighted by atomic mass is 16.2. The number of nitrogens with one attached hydrogen (secondary N) is 2. The molecule has 3 nitrogen and oxygen atoms in total. The van der Waals surface area contributed by atoms with Gasteiger partial charge in [-0.2, -0.15) is 0 Å². The van der Waals surface area contributed by atoms with E-state index in [2.05, 4.69) is 36.3 Å². The summed E-state index contributed by atoms with van der Waals surface area (Å²) >= 11 is 0. The van der Waals surface area contributed by atoms with Crippen LogP contribution in [0, 0.1) is 17.8 Å². The number of amides is 1. The summed E-state index contributed by atoms with van der Waals surface area (Å²) in [5.74, 6) is 6.55. The van der Waals surface area contributed by atoms with Gasteiger partial charge in [0.25, 0.3) is 0 Å². The van der Waals surface area contributed by atoms with E-state index in [-0.39, 0.29) is 11.9 Å². The number of rotatable bonds is 5. The summed E-state index contributed by atoms with van der Waals surface area (Å²) < 4.78 is 0. The van der Waals surface area contributed by atoms with Gasteiger partial charge in [-0.25, -0.2) is 0 Å². The molecule has 0 aromatic heterocycles. The van der Waals surface area contributed by atoms with Crippen LogP contribution in [-0.2, 0) is 4.79 Å². The second-order valence-electron chi connectivity index (χ2n) is 4.91. The molecule has 102 valence electrons. The first-order valence-corrected chi connectivity index (χ1v) is 6.64. The van der Waals surface area contributed by atoms with Crippen molar-refractivity contribution in [1.82, 2.24) is 10.6 Å². The van der Waals surface area contributed by atoms with Gasteiger partial charge in [0.1, 0.15) is 0 Å². The van der Waals surface area contributed by atoms with Crippen LogP contribution < -0.4 is 10.6 Å². The third-order valence-corrected chi connectivity index (χ3v) is 2.58. The Morgan fingerprint density at radius 3 is 2.53 bits per heavy atom. The highest BCUT2D eigenvalue weighted by molar-refractivity contribution is 5.81. The van der Waals surface area contributed by atoms with E-state index in [0.29, 0.717) is 19.0 Å². The summed E-state index contributed by atoms with van der Waals surface area (Å²) in [7, 11) is 0. The maximum atomic E-state index is 11.7. The highest BCUT2D eigenvalue weighted by Crippen LogP contribution is 1.94. The zero-order chi connectivity index (χ0) is 14.1. The fourth-order valence-corrected chi connectivity index (χ4v) is 1.42. The predicted octanol–water partition coefficient (Wildman–Crippen LogP) is 1.79. The lowest BCUT2D eigenvalue weighted by atomic mass is 10.2. The van der Waals surface area contributed by atoms with E-state index in [1.54, 1.807) is 0 Å². The van der Waals surface area contributed by atoms with Crippen molar-refractivity contribution in [2.24, 2.45) is 5.92 Å². The molecular weight excluding hydrogens is 236 g/mol. The summed E-state index contributed by atoms with van der Waals surface area (Å²) in [6.45, 7) is 7.21. The molecule has 0 aliphatic carbocycles. The van der Waals surface area contributed by atoms with Crippen molar-refractivity contribution in [3.63, 3.8) is 0 Å². The van der Waals surface area contributed by atoms with Gasteiger partial charge in [0, 0.05) is 12.1 Å². The lowest BCUT2D eigenvalue weighted by molar-refractivity contribution is -0.122. The van der Waals surface area contributed by atoms with Crippen LogP contribution in [0.1, 0.15) is 26.3 Å². The maximum Gasteiger partial charge on any atom is 0.236 e. The molecule has 1 atom stereocenters. The molecule has 1 unspecified atom stereocenters. The SMILES string of the molecule is CC(C)CNC(=O)C(C)NCC#Cc1ccccc1. The Morgan fingerprint density at radius 2 is 1.89 bits per heavy atom. The standard InChI is InChI=1S/C16H22N2O/c1-13(2)12-18-16(19)14(3)17-11-7-10-15-8-5-4-6-9-15/h4-6,8-9,13-14,17H,11-12H2,1-3H3,(H,18,19). The quantitative estimate of drug-likeness (QED) is 0.791. The second kappa shape index (κ2) is 8.34. The minimum atomic E-state index is -0.219. The average molecular weight is 258 g/mol. The number of hydrogen-bond donors (Lipinski definition) is 2. The largest absolute Gasteiger partial charge is 0.354 e. The molecule has 0 aliphatic heterocycles. The van der Waals surface area contributed by atoms with Gasteiger partial charge in [-0.3, -0.25) is 10.1 Å². The smallest absolute Gasteiger partial charge is 0.236 e. The van der Waals surface area contributed by atoms with Crippen molar-refractivity contribution in [3.05, 3.63) is 35.9 Å². The van der Waals surface area contributed by atoms with Crippen LogP contribution in [0.5, 0.6) is 0 Å². The molecule has 1 aromatic rings. The Hall–Kier alpha value is -1.79. The van der Waals surface area contributed by atoms with Gasteiger partial charge in [-0.1, -0.05) is 43.9 Å². The maximum absolute atomic E-state index is 11.7. The molecule has 1 rings (SSSR count).